The molecule has 0 aromatic heterocycles. The van der Waals surface area contributed by atoms with E-state index in [-0.39, 0.29) is 0 Å². The van der Waals surface area contributed by atoms with Gasteiger partial charge in [-0.15, -0.1) is 0 Å². The van der Waals surface area contributed by atoms with Gasteiger partial charge in [-0.2, -0.15) is 0 Å². The maximum atomic E-state index is 9.90. The number of nitrogens with zero attached hydrogens (tertiary/aromatic N) is 1. The minimum Gasteiger partial charge on any atom is -0.348 e. The fourth-order valence-corrected chi connectivity index (χ4v) is 2.12. The minimum absolute atomic E-state index is 0.789. The van der Waals surface area contributed by atoms with Crippen molar-refractivity contribution in [2.24, 2.45) is 5.92 Å². The topological polar surface area (TPSA) is 32.3 Å². The Hall–Kier alpha value is -0.570. The molecular weight excluding hydrogens is 176 g/mol. The summed E-state index contributed by atoms with van der Waals surface area (Å²) in [5.41, 5.74) is 0. The predicted octanol–water partition coefficient (Wildman–Crippen LogP) is 1.16. The van der Waals surface area contributed by atoms with Crippen LogP contribution in [0.25, 0.3) is 0 Å². The van der Waals surface area contributed by atoms with Crippen molar-refractivity contribution in [2.75, 3.05) is 26.2 Å². The van der Waals surface area contributed by atoms with E-state index in [9.17, 15) is 4.79 Å². The first-order valence-corrected chi connectivity index (χ1v) is 5.69. The molecule has 1 radical (unpaired) electrons. The molecule has 0 aromatic carbocycles. The van der Waals surface area contributed by atoms with Crippen LogP contribution in [0.2, 0.25) is 0 Å². The van der Waals surface area contributed by atoms with Crippen molar-refractivity contribution >= 4 is 6.41 Å². The largest absolute Gasteiger partial charge is 0.348 e. The number of likely N-dealkylation sites (tertiary alicyclic amines) is 1. The Morgan fingerprint density at radius 2 is 2.14 bits per heavy atom. The van der Waals surface area contributed by atoms with Crippen LogP contribution in [0.1, 0.15) is 32.6 Å². The fourth-order valence-electron chi connectivity index (χ4n) is 2.12. The van der Waals surface area contributed by atoms with Crippen LogP contribution in [-0.2, 0) is 4.79 Å². The van der Waals surface area contributed by atoms with Gasteiger partial charge in [0.05, 0.1) is 0 Å². The monoisotopic (exact) mass is 197 g/mol. The van der Waals surface area contributed by atoms with Crippen molar-refractivity contribution in [1.82, 2.24) is 10.2 Å². The van der Waals surface area contributed by atoms with E-state index < -0.39 is 0 Å². The zero-order valence-corrected chi connectivity index (χ0v) is 9.09. The molecule has 1 aliphatic rings. The van der Waals surface area contributed by atoms with E-state index in [0.29, 0.717) is 0 Å². The molecule has 0 unspecified atom stereocenters. The summed E-state index contributed by atoms with van der Waals surface area (Å²) in [7, 11) is 0. The van der Waals surface area contributed by atoms with Crippen LogP contribution in [-0.4, -0.2) is 37.5 Å². The molecule has 3 nitrogen and oxygen atoms in total. The molecule has 0 saturated carbocycles. The average molecular weight is 197 g/mol. The predicted molar refractivity (Wildman–Crippen MR) is 57.8 cm³/mol. The normalized spacial score (nSPS) is 19.5. The molecule has 3 heteroatoms. The molecule has 1 amide bonds. The Kier molecular flexibility index (Phi) is 5.60. The van der Waals surface area contributed by atoms with Crippen LogP contribution in [0.5, 0.6) is 0 Å². The summed E-state index contributed by atoms with van der Waals surface area (Å²) >= 11 is 0. The first-order chi connectivity index (χ1) is 6.86. The Bertz CT molecular complexity index is 153. The standard InChI is InChI=1S/C11H21N2O/c1-2-13-8-5-11(6-9-13)4-3-7-12-10-14/h11H,2-9H2,1H3,(H,12,14). The summed E-state index contributed by atoms with van der Waals surface area (Å²) < 4.78 is 0. The second kappa shape index (κ2) is 6.82. The van der Waals surface area contributed by atoms with E-state index in [1.165, 1.54) is 38.9 Å². The minimum atomic E-state index is 0.789. The first-order valence-electron chi connectivity index (χ1n) is 5.69. The molecule has 0 aromatic rings. The molecule has 1 saturated heterocycles. The highest BCUT2D eigenvalue weighted by Crippen LogP contribution is 2.21. The van der Waals surface area contributed by atoms with Crippen LogP contribution in [0.15, 0.2) is 0 Å². The molecule has 1 N–H and O–H groups in total. The lowest BCUT2D eigenvalue weighted by molar-refractivity contribution is 0.185. The number of hydrogen-bond donors (Lipinski definition) is 1. The molecule has 0 bridgehead atoms. The summed E-state index contributed by atoms with van der Waals surface area (Å²) in [5.74, 6) is 0.881. The fraction of sp³-hybridized carbons (Fsp3) is 0.909. The summed E-state index contributed by atoms with van der Waals surface area (Å²) in [6.45, 7) is 6.72. The second-order valence-electron chi connectivity index (χ2n) is 4.05. The number of rotatable bonds is 6. The molecule has 1 rings (SSSR count). The molecule has 1 heterocycles. The Morgan fingerprint density at radius 3 is 2.71 bits per heavy atom. The second-order valence-corrected chi connectivity index (χ2v) is 4.05. The van der Waals surface area contributed by atoms with Crippen molar-refractivity contribution < 1.29 is 4.79 Å². The molecule has 0 spiro atoms. The van der Waals surface area contributed by atoms with Crippen molar-refractivity contribution in [2.45, 2.75) is 32.6 Å². The van der Waals surface area contributed by atoms with Gasteiger partial charge < -0.3 is 10.2 Å². The maximum absolute atomic E-state index is 9.90. The van der Waals surface area contributed by atoms with Gasteiger partial charge in [-0.05, 0) is 51.2 Å². The van der Waals surface area contributed by atoms with Crippen LogP contribution in [0, 0.1) is 5.92 Å². The van der Waals surface area contributed by atoms with Crippen molar-refractivity contribution in [3.8, 4) is 0 Å². The highest BCUT2D eigenvalue weighted by molar-refractivity contribution is 5.46. The molecular formula is C11H21N2O. The lowest BCUT2D eigenvalue weighted by Crippen LogP contribution is -2.33. The molecule has 0 atom stereocenters. The quantitative estimate of drug-likeness (QED) is 0.512. The van der Waals surface area contributed by atoms with Crippen LogP contribution in [0.3, 0.4) is 0 Å². The highest BCUT2D eigenvalue weighted by atomic mass is 16.1. The zero-order valence-electron chi connectivity index (χ0n) is 9.09. The van der Waals surface area contributed by atoms with Gasteiger partial charge in [-0.1, -0.05) is 6.92 Å². The number of hydrogen-bond acceptors (Lipinski definition) is 2. The van der Waals surface area contributed by atoms with Crippen molar-refractivity contribution in [3.05, 3.63) is 0 Å². The highest BCUT2D eigenvalue weighted by Gasteiger charge is 2.17. The smallest absolute Gasteiger partial charge is 0.309 e. The zero-order chi connectivity index (χ0) is 10.2. The Labute approximate surface area is 86.9 Å². The molecule has 1 fully saturated rings. The Balaban J connectivity index is 2.01. The SMILES string of the molecule is CCN1CCC(CCCN[C]=O)CC1. The van der Waals surface area contributed by atoms with Gasteiger partial charge in [0.25, 0.3) is 0 Å². The molecule has 81 valence electrons. The number of amides is 1. The van der Waals surface area contributed by atoms with E-state index >= 15 is 0 Å². The van der Waals surface area contributed by atoms with Gasteiger partial charge in [0, 0.05) is 6.54 Å². The van der Waals surface area contributed by atoms with E-state index in [0.717, 1.165) is 18.9 Å². The van der Waals surface area contributed by atoms with E-state index in [2.05, 4.69) is 17.1 Å². The van der Waals surface area contributed by atoms with Gasteiger partial charge in [0.1, 0.15) is 0 Å². The first kappa shape index (κ1) is 11.5. The van der Waals surface area contributed by atoms with Gasteiger partial charge in [-0.25, -0.2) is 0 Å². The number of carbonyl (C=O) groups excluding carboxylic acids is 1. The number of piperidine rings is 1. The van der Waals surface area contributed by atoms with Gasteiger partial charge in [0.2, 0.25) is 0 Å². The van der Waals surface area contributed by atoms with Crippen molar-refractivity contribution in [1.29, 1.82) is 0 Å². The van der Waals surface area contributed by atoms with Crippen LogP contribution >= 0.6 is 0 Å². The van der Waals surface area contributed by atoms with Crippen LogP contribution < -0.4 is 5.32 Å². The molecule has 14 heavy (non-hydrogen) atoms. The maximum Gasteiger partial charge on any atom is 0.309 e. The van der Waals surface area contributed by atoms with E-state index in [1.54, 1.807) is 6.41 Å². The summed E-state index contributed by atoms with van der Waals surface area (Å²) in [6.07, 6.45) is 6.74. The van der Waals surface area contributed by atoms with Gasteiger partial charge in [0.15, 0.2) is 0 Å². The summed E-state index contributed by atoms with van der Waals surface area (Å²) in [5, 5.41) is 2.59. The van der Waals surface area contributed by atoms with Crippen LogP contribution in [0.4, 0.5) is 0 Å². The average Bonchev–Trinajstić information content (AvgIpc) is 2.25. The summed E-state index contributed by atoms with van der Waals surface area (Å²) in [6, 6.07) is 0. The third kappa shape index (κ3) is 4.09. The number of nitrogens with one attached hydrogen (secondary N) is 1. The van der Waals surface area contributed by atoms with Gasteiger partial charge in [-0.3, -0.25) is 4.79 Å². The third-order valence-electron chi connectivity index (χ3n) is 3.14. The molecule has 0 aliphatic carbocycles. The third-order valence-corrected chi connectivity index (χ3v) is 3.14. The van der Waals surface area contributed by atoms with E-state index in [4.69, 9.17) is 0 Å². The lowest BCUT2D eigenvalue weighted by atomic mass is 9.92. The van der Waals surface area contributed by atoms with E-state index in [1.807, 2.05) is 0 Å². The van der Waals surface area contributed by atoms with Crippen molar-refractivity contribution in [3.63, 3.8) is 0 Å². The summed E-state index contributed by atoms with van der Waals surface area (Å²) in [4.78, 5) is 12.4. The molecule has 1 aliphatic heterocycles. The Morgan fingerprint density at radius 1 is 1.43 bits per heavy atom. The van der Waals surface area contributed by atoms with Gasteiger partial charge >= 0.3 is 6.41 Å². The lowest BCUT2D eigenvalue weighted by Gasteiger charge is -2.30.